The van der Waals surface area contributed by atoms with Crippen molar-refractivity contribution in [3.05, 3.63) is 141 Å². The lowest BCUT2D eigenvalue weighted by molar-refractivity contribution is -0.384. The van der Waals surface area contributed by atoms with Crippen molar-refractivity contribution in [3.63, 3.8) is 0 Å². The van der Waals surface area contributed by atoms with E-state index in [0.717, 1.165) is 22.3 Å². The number of amides is 2. The molecule has 0 bridgehead atoms. The Labute approximate surface area is 221 Å². The van der Waals surface area contributed by atoms with E-state index in [1.54, 1.807) is 4.90 Å². The zero-order chi connectivity index (χ0) is 27.1. The van der Waals surface area contributed by atoms with Gasteiger partial charge >= 0.3 is 0 Å². The molecule has 0 unspecified atom stereocenters. The Morgan fingerprint density at radius 1 is 0.868 bits per heavy atom. The van der Waals surface area contributed by atoms with E-state index in [9.17, 15) is 19.7 Å². The minimum absolute atomic E-state index is 0.0793. The van der Waals surface area contributed by atoms with Crippen LogP contribution in [0.25, 0.3) is 0 Å². The molecule has 2 amide bonds. The molecular weight excluding hydrogens is 478 g/mol. The van der Waals surface area contributed by atoms with Crippen molar-refractivity contribution in [1.82, 2.24) is 5.32 Å². The smallest absolute Gasteiger partial charge is 0.269 e. The van der Waals surface area contributed by atoms with Crippen LogP contribution in [0.15, 0.2) is 103 Å². The van der Waals surface area contributed by atoms with Gasteiger partial charge in [0.25, 0.3) is 11.6 Å². The second kappa shape index (κ2) is 12.0. The molecule has 0 aromatic heterocycles. The van der Waals surface area contributed by atoms with E-state index in [1.807, 2.05) is 92.7 Å². The maximum Gasteiger partial charge on any atom is 0.269 e. The molecular formula is C31H29N3O4. The highest BCUT2D eigenvalue weighted by Crippen LogP contribution is 2.24. The van der Waals surface area contributed by atoms with E-state index in [0.29, 0.717) is 17.8 Å². The van der Waals surface area contributed by atoms with Crippen LogP contribution in [0.1, 0.15) is 45.6 Å². The summed E-state index contributed by atoms with van der Waals surface area (Å²) in [6, 6.07) is 30.4. The monoisotopic (exact) mass is 507 g/mol. The summed E-state index contributed by atoms with van der Waals surface area (Å²) in [5.41, 5.74) is 4.73. The van der Waals surface area contributed by atoms with Gasteiger partial charge in [0, 0.05) is 23.4 Å². The van der Waals surface area contributed by atoms with Crippen LogP contribution in [0.2, 0.25) is 0 Å². The van der Waals surface area contributed by atoms with Gasteiger partial charge in [-0.25, -0.2) is 0 Å². The molecule has 0 radical (unpaired) electrons. The molecule has 4 aromatic rings. The van der Waals surface area contributed by atoms with Crippen molar-refractivity contribution in [2.45, 2.75) is 32.9 Å². The van der Waals surface area contributed by atoms with E-state index >= 15 is 0 Å². The largest absolute Gasteiger partial charge is 0.349 e. The SMILES string of the molecule is Cc1ccc(CN(C(=O)c2ccc([N+](=O)[O-])cc2)c2cccc(CC(=O)N[C@@H](C)c3ccccc3)c2)cc1. The van der Waals surface area contributed by atoms with Gasteiger partial charge in [-0.3, -0.25) is 19.7 Å². The van der Waals surface area contributed by atoms with Gasteiger partial charge in [-0.15, -0.1) is 0 Å². The van der Waals surface area contributed by atoms with Crippen LogP contribution in [-0.4, -0.2) is 16.7 Å². The molecule has 0 saturated carbocycles. The minimum atomic E-state index is -0.495. The molecule has 7 heteroatoms. The number of anilines is 1. The number of aryl methyl sites for hydroxylation is 1. The fraction of sp³-hybridized carbons (Fsp3) is 0.161. The number of hydrogen-bond donors (Lipinski definition) is 1. The van der Waals surface area contributed by atoms with Gasteiger partial charge in [-0.05, 0) is 54.8 Å². The van der Waals surface area contributed by atoms with E-state index in [4.69, 9.17) is 0 Å². The summed E-state index contributed by atoms with van der Waals surface area (Å²) in [5.74, 6) is -0.412. The van der Waals surface area contributed by atoms with Gasteiger partial charge in [0.1, 0.15) is 0 Å². The van der Waals surface area contributed by atoms with Gasteiger partial charge in [-0.1, -0.05) is 72.3 Å². The summed E-state index contributed by atoms with van der Waals surface area (Å²) in [6.07, 6.45) is 0.162. The van der Waals surface area contributed by atoms with Crippen molar-refractivity contribution in [2.75, 3.05) is 4.90 Å². The Morgan fingerprint density at radius 2 is 1.55 bits per heavy atom. The number of rotatable bonds is 9. The summed E-state index contributed by atoms with van der Waals surface area (Å²) in [7, 11) is 0. The number of non-ortho nitro benzene ring substituents is 1. The number of nitro groups is 1. The topological polar surface area (TPSA) is 92.6 Å². The maximum absolute atomic E-state index is 13.6. The molecule has 192 valence electrons. The summed E-state index contributed by atoms with van der Waals surface area (Å²) < 4.78 is 0. The summed E-state index contributed by atoms with van der Waals surface area (Å²) in [5, 5.41) is 14.1. The normalized spacial score (nSPS) is 11.4. The Kier molecular flexibility index (Phi) is 8.28. The average molecular weight is 508 g/mol. The van der Waals surface area contributed by atoms with E-state index in [1.165, 1.54) is 24.3 Å². The molecule has 38 heavy (non-hydrogen) atoms. The predicted octanol–water partition coefficient (Wildman–Crippen LogP) is 6.17. The number of nitrogens with zero attached hydrogens (tertiary/aromatic N) is 2. The van der Waals surface area contributed by atoms with Gasteiger partial charge in [0.05, 0.1) is 23.9 Å². The molecule has 0 heterocycles. The van der Waals surface area contributed by atoms with Crippen LogP contribution in [-0.2, 0) is 17.8 Å². The fourth-order valence-corrected chi connectivity index (χ4v) is 4.18. The van der Waals surface area contributed by atoms with Crippen LogP contribution in [0.5, 0.6) is 0 Å². The Hall–Kier alpha value is -4.78. The molecule has 0 aliphatic heterocycles. The molecule has 1 atom stereocenters. The van der Waals surface area contributed by atoms with Crippen LogP contribution in [0.3, 0.4) is 0 Å². The van der Waals surface area contributed by atoms with Crippen molar-refractivity contribution in [1.29, 1.82) is 0 Å². The number of carbonyl (C=O) groups is 2. The number of hydrogen-bond acceptors (Lipinski definition) is 4. The van der Waals surface area contributed by atoms with E-state index in [-0.39, 0.29) is 30.0 Å². The van der Waals surface area contributed by atoms with Crippen LogP contribution >= 0.6 is 0 Å². The quantitative estimate of drug-likeness (QED) is 0.217. The number of carbonyl (C=O) groups excluding carboxylic acids is 2. The average Bonchev–Trinajstić information content (AvgIpc) is 2.93. The second-order valence-corrected chi connectivity index (χ2v) is 9.23. The number of nitrogens with one attached hydrogen (secondary N) is 1. The van der Waals surface area contributed by atoms with Gasteiger partial charge in [0.2, 0.25) is 5.91 Å². The molecule has 4 rings (SSSR count). The molecule has 7 nitrogen and oxygen atoms in total. The van der Waals surface area contributed by atoms with Crippen molar-refractivity contribution in [2.24, 2.45) is 0 Å². The third-order valence-electron chi connectivity index (χ3n) is 6.30. The predicted molar refractivity (Wildman–Crippen MR) is 148 cm³/mol. The molecule has 0 fully saturated rings. The second-order valence-electron chi connectivity index (χ2n) is 9.23. The summed E-state index contributed by atoms with van der Waals surface area (Å²) >= 11 is 0. The fourth-order valence-electron chi connectivity index (χ4n) is 4.18. The first-order valence-corrected chi connectivity index (χ1v) is 12.4. The van der Waals surface area contributed by atoms with E-state index in [2.05, 4.69) is 5.32 Å². The molecule has 0 aliphatic carbocycles. The first kappa shape index (κ1) is 26.3. The first-order valence-electron chi connectivity index (χ1n) is 12.4. The lowest BCUT2D eigenvalue weighted by Gasteiger charge is -2.24. The molecule has 0 saturated heterocycles. The highest BCUT2D eigenvalue weighted by atomic mass is 16.6. The maximum atomic E-state index is 13.6. The molecule has 0 spiro atoms. The number of nitro benzene ring substituents is 1. The van der Waals surface area contributed by atoms with Gasteiger partial charge < -0.3 is 10.2 Å². The zero-order valence-corrected chi connectivity index (χ0v) is 21.3. The van der Waals surface area contributed by atoms with Gasteiger partial charge in [0.15, 0.2) is 0 Å². The van der Waals surface area contributed by atoms with Crippen LogP contribution in [0, 0.1) is 17.0 Å². The zero-order valence-electron chi connectivity index (χ0n) is 21.3. The van der Waals surface area contributed by atoms with Crippen molar-refractivity contribution < 1.29 is 14.5 Å². The Morgan fingerprint density at radius 3 is 2.21 bits per heavy atom. The molecule has 1 N–H and O–H groups in total. The lowest BCUT2D eigenvalue weighted by atomic mass is 10.1. The third-order valence-corrected chi connectivity index (χ3v) is 6.30. The standard InChI is InChI=1S/C31H29N3O4/c1-22-11-13-24(14-12-22)21-33(31(36)27-15-17-28(18-16-27)34(37)38)29-10-6-7-25(19-29)20-30(35)32-23(2)26-8-4-3-5-9-26/h3-19,23H,20-21H2,1-2H3,(H,32,35)/t23-/m0/s1. The third kappa shape index (κ3) is 6.70. The molecule has 0 aliphatic rings. The highest BCUT2D eigenvalue weighted by molar-refractivity contribution is 6.06. The Balaban J connectivity index is 1.57. The lowest BCUT2D eigenvalue weighted by Crippen LogP contribution is -2.31. The minimum Gasteiger partial charge on any atom is -0.349 e. The summed E-state index contributed by atoms with van der Waals surface area (Å²) in [6.45, 7) is 4.24. The Bertz CT molecular complexity index is 1420. The van der Waals surface area contributed by atoms with Crippen LogP contribution < -0.4 is 10.2 Å². The summed E-state index contributed by atoms with van der Waals surface area (Å²) in [4.78, 5) is 38.6. The van der Waals surface area contributed by atoms with Crippen LogP contribution in [0.4, 0.5) is 11.4 Å². The number of benzene rings is 4. The first-order chi connectivity index (χ1) is 18.3. The van der Waals surface area contributed by atoms with E-state index < -0.39 is 4.92 Å². The highest BCUT2D eigenvalue weighted by Gasteiger charge is 2.20. The van der Waals surface area contributed by atoms with Crippen molar-refractivity contribution in [3.8, 4) is 0 Å². The van der Waals surface area contributed by atoms with Gasteiger partial charge in [-0.2, -0.15) is 0 Å². The van der Waals surface area contributed by atoms with Crippen molar-refractivity contribution >= 4 is 23.2 Å². The molecule has 4 aromatic carbocycles.